The number of fused-ring (bicyclic) bond motifs is 2. The fourth-order valence-electron chi connectivity index (χ4n) is 2.32. The second-order valence-corrected chi connectivity index (χ2v) is 5.67. The highest BCUT2D eigenvalue weighted by Gasteiger charge is 2.15. The van der Waals surface area contributed by atoms with Crippen LogP contribution in [0, 0.1) is 0 Å². The van der Waals surface area contributed by atoms with Gasteiger partial charge in [0.15, 0.2) is 0 Å². The zero-order chi connectivity index (χ0) is 15.0. The van der Waals surface area contributed by atoms with Crippen LogP contribution in [0.2, 0.25) is 0 Å². The third kappa shape index (κ3) is 2.71. The summed E-state index contributed by atoms with van der Waals surface area (Å²) in [6.07, 6.45) is 0. The van der Waals surface area contributed by atoms with E-state index in [1.165, 1.54) is 0 Å². The van der Waals surface area contributed by atoms with E-state index in [4.69, 9.17) is 0 Å². The van der Waals surface area contributed by atoms with Gasteiger partial charge in [0.2, 0.25) is 21.4 Å². The van der Waals surface area contributed by atoms with Crippen LogP contribution in [0.3, 0.4) is 0 Å². The largest absolute Gasteiger partial charge is 0.726 e. The Hall–Kier alpha value is -2.09. The number of hydrogen-bond donors (Lipinski definition) is 0. The van der Waals surface area contributed by atoms with E-state index in [1.54, 1.807) is 12.1 Å². The lowest BCUT2D eigenvalue weighted by Gasteiger charge is -2.09. The molecule has 0 saturated heterocycles. The molecule has 0 aliphatic heterocycles. The van der Waals surface area contributed by atoms with Gasteiger partial charge in [0.1, 0.15) is 18.1 Å². The molecule has 0 radical (unpaired) electrons. The SMILES string of the molecule is C[n+]1c2ccccc2nc2c(COS(=O)(=O)[O-])cccc21. The third-order valence-electron chi connectivity index (χ3n) is 3.29. The van der Waals surface area contributed by atoms with Crippen LogP contribution in [-0.2, 0) is 28.2 Å². The molecule has 0 aliphatic carbocycles. The summed E-state index contributed by atoms with van der Waals surface area (Å²) in [5.41, 5.74) is 3.73. The van der Waals surface area contributed by atoms with Crippen LogP contribution in [0.25, 0.3) is 22.1 Å². The first kappa shape index (κ1) is 13.9. The van der Waals surface area contributed by atoms with Gasteiger partial charge in [-0.25, -0.2) is 13.4 Å². The summed E-state index contributed by atoms with van der Waals surface area (Å²) in [5.74, 6) is 0. The van der Waals surface area contributed by atoms with Crippen molar-refractivity contribution < 1.29 is 21.7 Å². The zero-order valence-corrected chi connectivity index (χ0v) is 12.0. The summed E-state index contributed by atoms with van der Waals surface area (Å²) in [4.78, 5) is 4.54. The Morgan fingerprint density at radius 1 is 1.14 bits per heavy atom. The van der Waals surface area contributed by atoms with Crippen molar-refractivity contribution in [1.82, 2.24) is 4.98 Å². The Kier molecular flexibility index (Phi) is 3.32. The van der Waals surface area contributed by atoms with E-state index in [-0.39, 0.29) is 6.61 Å². The lowest BCUT2D eigenvalue weighted by Crippen LogP contribution is -2.30. The highest BCUT2D eigenvalue weighted by molar-refractivity contribution is 7.80. The van der Waals surface area contributed by atoms with Gasteiger partial charge in [-0.1, -0.05) is 24.3 Å². The molecule has 21 heavy (non-hydrogen) atoms. The maximum absolute atomic E-state index is 10.6. The molecule has 7 heteroatoms. The number of aromatic nitrogens is 2. The summed E-state index contributed by atoms with van der Waals surface area (Å²) in [6, 6.07) is 13.0. The fraction of sp³-hybridized carbons (Fsp3) is 0.143. The van der Waals surface area contributed by atoms with Crippen molar-refractivity contribution in [2.75, 3.05) is 0 Å². The molecule has 0 unspecified atom stereocenters. The van der Waals surface area contributed by atoms with Gasteiger partial charge in [-0.2, -0.15) is 4.57 Å². The minimum absolute atomic E-state index is 0.325. The van der Waals surface area contributed by atoms with Crippen molar-refractivity contribution in [3.8, 4) is 0 Å². The maximum Gasteiger partial charge on any atom is 0.231 e. The molecular formula is C14H12N2O4S. The van der Waals surface area contributed by atoms with Gasteiger partial charge in [0.25, 0.3) is 0 Å². The highest BCUT2D eigenvalue weighted by Crippen LogP contribution is 2.18. The summed E-state index contributed by atoms with van der Waals surface area (Å²) < 4.78 is 38.2. The normalized spacial score (nSPS) is 12.1. The molecule has 0 atom stereocenters. The van der Waals surface area contributed by atoms with Crippen molar-refractivity contribution in [1.29, 1.82) is 0 Å². The summed E-state index contributed by atoms with van der Waals surface area (Å²) >= 11 is 0. The van der Waals surface area contributed by atoms with Crippen LogP contribution in [0.15, 0.2) is 42.5 Å². The van der Waals surface area contributed by atoms with Crippen molar-refractivity contribution >= 4 is 32.5 Å². The minimum atomic E-state index is -4.73. The standard InChI is InChI=1S/C14H12N2O4S/c1-16-12-7-3-2-6-11(12)15-14-10(5-4-8-13(14)16)9-20-21(17,18)19/h2-8H,9H2,1H3. The van der Waals surface area contributed by atoms with Crippen LogP contribution in [0.5, 0.6) is 0 Å². The van der Waals surface area contributed by atoms with Gasteiger partial charge in [0, 0.05) is 17.7 Å². The van der Waals surface area contributed by atoms with E-state index < -0.39 is 10.4 Å². The number of rotatable bonds is 3. The summed E-state index contributed by atoms with van der Waals surface area (Å²) in [5, 5.41) is 0. The first-order chi connectivity index (χ1) is 9.96. The Balaban J connectivity index is 2.23. The zero-order valence-electron chi connectivity index (χ0n) is 11.2. The molecule has 108 valence electrons. The molecule has 6 nitrogen and oxygen atoms in total. The topological polar surface area (TPSA) is 83.2 Å². The van der Waals surface area contributed by atoms with Gasteiger partial charge in [-0.15, -0.1) is 0 Å². The number of hydrogen-bond acceptors (Lipinski definition) is 5. The van der Waals surface area contributed by atoms with Gasteiger partial charge in [-0.05, 0) is 6.07 Å². The first-order valence-corrected chi connectivity index (χ1v) is 7.56. The van der Waals surface area contributed by atoms with Gasteiger partial charge >= 0.3 is 0 Å². The second kappa shape index (κ2) is 5.03. The van der Waals surface area contributed by atoms with E-state index in [9.17, 15) is 13.0 Å². The third-order valence-corrected chi connectivity index (χ3v) is 3.70. The maximum atomic E-state index is 10.6. The molecule has 0 bridgehead atoms. The fourth-order valence-corrected chi connectivity index (χ4v) is 2.59. The van der Waals surface area contributed by atoms with Crippen molar-refractivity contribution in [3.05, 3.63) is 48.0 Å². The molecule has 0 spiro atoms. The Bertz CT molecular complexity index is 938. The molecule has 0 saturated carbocycles. The van der Waals surface area contributed by atoms with Crippen molar-refractivity contribution in [3.63, 3.8) is 0 Å². The second-order valence-electron chi connectivity index (χ2n) is 4.61. The van der Waals surface area contributed by atoms with Crippen LogP contribution in [0.4, 0.5) is 0 Å². The van der Waals surface area contributed by atoms with Crippen LogP contribution in [-0.4, -0.2) is 18.0 Å². The van der Waals surface area contributed by atoms with Crippen LogP contribution < -0.4 is 4.57 Å². The molecule has 2 aromatic carbocycles. The monoisotopic (exact) mass is 304 g/mol. The molecule has 3 rings (SSSR count). The van der Waals surface area contributed by atoms with Crippen molar-refractivity contribution in [2.24, 2.45) is 7.05 Å². The van der Waals surface area contributed by atoms with E-state index in [2.05, 4.69) is 9.17 Å². The molecule has 0 aliphatic rings. The lowest BCUT2D eigenvalue weighted by atomic mass is 10.1. The van der Waals surface area contributed by atoms with E-state index >= 15 is 0 Å². The average molecular weight is 304 g/mol. The predicted octanol–water partition coefficient (Wildman–Crippen LogP) is 1.19. The molecule has 0 fully saturated rings. The van der Waals surface area contributed by atoms with Gasteiger partial charge in [0.05, 0.1) is 6.61 Å². The predicted molar refractivity (Wildman–Crippen MR) is 74.9 cm³/mol. The number of benzene rings is 2. The van der Waals surface area contributed by atoms with Gasteiger partial charge < -0.3 is 4.55 Å². The molecule has 0 amide bonds. The van der Waals surface area contributed by atoms with Gasteiger partial charge in [-0.3, -0.25) is 4.18 Å². The summed E-state index contributed by atoms with van der Waals surface area (Å²) in [7, 11) is -2.82. The number of aryl methyl sites for hydroxylation is 1. The van der Waals surface area contributed by atoms with E-state index in [1.807, 2.05) is 41.9 Å². The minimum Gasteiger partial charge on any atom is -0.726 e. The average Bonchev–Trinajstić information content (AvgIpc) is 2.45. The summed E-state index contributed by atoms with van der Waals surface area (Å²) in [6.45, 7) is -0.325. The molecule has 1 aromatic heterocycles. The molecular weight excluding hydrogens is 292 g/mol. The molecule has 1 heterocycles. The molecule has 3 aromatic rings. The Morgan fingerprint density at radius 3 is 2.62 bits per heavy atom. The van der Waals surface area contributed by atoms with Crippen LogP contribution in [0.1, 0.15) is 5.56 Å². The lowest BCUT2D eigenvalue weighted by molar-refractivity contribution is -0.618. The highest BCUT2D eigenvalue weighted by atomic mass is 32.3. The number of nitrogens with zero attached hydrogens (tertiary/aromatic N) is 2. The van der Waals surface area contributed by atoms with E-state index in [0.717, 1.165) is 16.6 Å². The Morgan fingerprint density at radius 2 is 1.86 bits per heavy atom. The van der Waals surface area contributed by atoms with E-state index in [0.29, 0.717) is 11.1 Å². The molecule has 0 N–H and O–H groups in total. The Labute approximate surface area is 121 Å². The quantitative estimate of drug-likeness (QED) is 0.314. The first-order valence-electron chi connectivity index (χ1n) is 6.22. The van der Waals surface area contributed by atoms with Crippen LogP contribution >= 0.6 is 0 Å². The smallest absolute Gasteiger partial charge is 0.231 e. The van der Waals surface area contributed by atoms with Crippen molar-refractivity contribution in [2.45, 2.75) is 6.61 Å². The number of para-hydroxylation sites is 3.